The molecule has 0 aliphatic rings. The molecule has 2 N–H and O–H groups in total. The van der Waals surface area contributed by atoms with Gasteiger partial charge in [0.25, 0.3) is 0 Å². The number of carboxylic acid groups (broad SMARTS) is 1. The molecule has 1 atom stereocenters. The summed E-state index contributed by atoms with van der Waals surface area (Å²) in [4.78, 5) is 11.3. The van der Waals surface area contributed by atoms with Gasteiger partial charge in [-0.15, -0.1) is 6.58 Å². The number of nitrogens with one attached hydrogen (secondary N) is 1. The summed E-state index contributed by atoms with van der Waals surface area (Å²) in [5.41, 5.74) is -0.888. The zero-order valence-electron chi connectivity index (χ0n) is 10.4. The summed E-state index contributed by atoms with van der Waals surface area (Å²) >= 11 is 0. The van der Waals surface area contributed by atoms with Crippen LogP contribution in [0.3, 0.4) is 0 Å². The lowest BCUT2D eigenvalue weighted by atomic mass is 9.92. The summed E-state index contributed by atoms with van der Waals surface area (Å²) < 4.78 is 28.2. The first-order chi connectivity index (χ1) is 8.90. The van der Waals surface area contributed by atoms with Crippen LogP contribution < -0.4 is 10.1 Å². The minimum atomic E-state index is -2.91. The third kappa shape index (κ3) is 3.75. The molecule has 0 amide bonds. The van der Waals surface area contributed by atoms with Gasteiger partial charge in [-0.2, -0.15) is 8.78 Å². The maximum atomic E-state index is 12.0. The zero-order chi connectivity index (χ0) is 14.5. The summed E-state index contributed by atoms with van der Waals surface area (Å²) in [5, 5.41) is 12.1. The van der Waals surface area contributed by atoms with E-state index >= 15 is 0 Å². The Bertz CT molecular complexity index is 448. The lowest BCUT2D eigenvalue weighted by Gasteiger charge is -2.26. The topological polar surface area (TPSA) is 58.6 Å². The molecular weight excluding hydrogens is 256 g/mol. The van der Waals surface area contributed by atoms with Gasteiger partial charge in [-0.3, -0.25) is 5.32 Å². The largest absolute Gasteiger partial charge is 0.480 e. The summed E-state index contributed by atoms with van der Waals surface area (Å²) in [5.74, 6) is -1.09. The van der Waals surface area contributed by atoms with Crippen molar-refractivity contribution in [1.29, 1.82) is 0 Å². The first-order valence-corrected chi connectivity index (χ1v) is 5.55. The van der Waals surface area contributed by atoms with Crippen molar-refractivity contribution in [2.24, 2.45) is 0 Å². The number of alkyl halides is 2. The van der Waals surface area contributed by atoms with Crippen molar-refractivity contribution in [2.75, 3.05) is 6.54 Å². The number of carbonyl (C=O) groups is 1. The molecule has 0 fully saturated rings. The van der Waals surface area contributed by atoms with Gasteiger partial charge < -0.3 is 9.84 Å². The molecular formula is C13H15F2NO3. The summed E-state index contributed by atoms with van der Waals surface area (Å²) in [6.45, 7) is 2.39. The predicted octanol–water partition coefficient (Wildman–Crippen LogP) is 2.36. The van der Waals surface area contributed by atoms with Crippen molar-refractivity contribution in [3.8, 4) is 5.75 Å². The maximum absolute atomic E-state index is 12.0. The Hall–Kier alpha value is -1.95. The molecule has 0 aromatic heterocycles. The van der Waals surface area contributed by atoms with Crippen LogP contribution in [-0.4, -0.2) is 24.2 Å². The van der Waals surface area contributed by atoms with Crippen LogP contribution in [0, 0.1) is 0 Å². The number of benzene rings is 1. The molecule has 1 rings (SSSR count). The second-order valence-electron chi connectivity index (χ2n) is 4.00. The quantitative estimate of drug-likeness (QED) is 0.747. The average Bonchev–Trinajstić information content (AvgIpc) is 2.35. The molecule has 104 valence electrons. The van der Waals surface area contributed by atoms with E-state index in [1.165, 1.54) is 37.3 Å². The average molecular weight is 271 g/mol. The first-order valence-electron chi connectivity index (χ1n) is 5.55. The molecule has 0 radical (unpaired) electrons. The van der Waals surface area contributed by atoms with Crippen LogP contribution >= 0.6 is 0 Å². The van der Waals surface area contributed by atoms with E-state index in [2.05, 4.69) is 16.6 Å². The van der Waals surface area contributed by atoms with Crippen molar-refractivity contribution in [2.45, 2.75) is 19.1 Å². The maximum Gasteiger partial charge on any atom is 0.387 e. The van der Waals surface area contributed by atoms with Crippen LogP contribution in [0.4, 0.5) is 8.78 Å². The molecule has 4 nitrogen and oxygen atoms in total. The Morgan fingerprint density at radius 1 is 1.53 bits per heavy atom. The fourth-order valence-corrected chi connectivity index (χ4v) is 1.55. The fraction of sp³-hybridized carbons (Fsp3) is 0.308. The monoisotopic (exact) mass is 271 g/mol. The van der Waals surface area contributed by atoms with Gasteiger partial charge in [0, 0.05) is 6.54 Å². The minimum Gasteiger partial charge on any atom is -0.480 e. The van der Waals surface area contributed by atoms with Crippen molar-refractivity contribution < 1.29 is 23.4 Å². The molecule has 0 heterocycles. The number of halogens is 2. The van der Waals surface area contributed by atoms with Crippen molar-refractivity contribution in [3.05, 3.63) is 42.5 Å². The zero-order valence-corrected chi connectivity index (χ0v) is 10.4. The second kappa shape index (κ2) is 6.29. The third-order valence-corrected chi connectivity index (χ3v) is 2.68. The van der Waals surface area contributed by atoms with Gasteiger partial charge in [0.15, 0.2) is 0 Å². The van der Waals surface area contributed by atoms with E-state index in [0.29, 0.717) is 12.1 Å². The van der Waals surface area contributed by atoms with E-state index in [4.69, 9.17) is 0 Å². The third-order valence-electron chi connectivity index (χ3n) is 2.68. The number of carboxylic acids is 1. The number of hydrogen-bond acceptors (Lipinski definition) is 3. The Morgan fingerprint density at radius 3 is 2.53 bits per heavy atom. The Balaban J connectivity index is 2.97. The molecule has 19 heavy (non-hydrogen) atoms. The Kier molecular flexibility index (Phi) is 5.00. The lowest BCUT2D eigenvalue weighted by molar-refractivity contribution is -0.144. The highest BCUT2D eigenvalue weighted by Crippen LogP contribution is 2.24. The van der Waals surface area contributed by atoms with Gasteiger partial charge >= 0.3 is 12.6 Å². The summed E-state index contributed by atoms with van der Waals surface area (Å²) in [6.07, 6.45) is 1.54. The second-order valence-corrected chi connectivity index (χ2v) is 4.00. The number of aliphatic carboxylic acids is 1. The molecule has 1 unspecified atom stereocenters. The molecule has 0 bridgehead atoms. The molecule has 0 aliphatic carbocycles. The highest BCUT2D eigenvalue weighted by molar-refractivity contribution is 5.80. The Labute approximate surface area is 109 Å². The molecule has 6 heteroatoms. The van der Waals surface area contributed by atoms with Gasteiger partial charge in [-0.1, -0.05) is 18.2 Å². The van der Waals surface area contributed by atoms with Gasteiger partial charge in [0.2, 0.25) is 0 Å². The fourth-order valence-electron chi connectivity index (χ4n) is 1.55. The lowest BCUT2D eigenvalue weighted by Crippen LogP contribution is -2.46. The number of ether oxygens (including phenoxy) is 1. The van der Waals surface area contributed by atoms with E-state index in [9.17, 15) is 18.7 Å². The van der Waals surface area contributed by atoms with E-state index in [0.717, 1.165) is 0 Å². The smallest absolute Gasteiger partial charge is 0.387 e. The van der Waals surface area contributed by atoms with E-state index in [-0.39, 0.29) is 5.75 Å². The standard InChI is InChI=1S/C13H15F2NO3/c1-3-8-16-13(2,11(17)18)9-4-6-10(7-5-9)19-12(14)15/h3-7,12,16H,1,8H2,2H3,(H,17,18). The number of rotatable bonds is 7. The Morgan fingerprint density at radius 2 is 2.11 bits per heavy atom. The van der Waals surface area contributed by atoms with Crippen molar-refractivity contribution in [1.82, 2.24) is 5.32 Å². The summed E-state index contributed by atoms with van der Waals surface area (Å²) in [6, 6.07) is 5.47. The normalized spacial score (nSPS) is 13.9. The van der Waals surface area contributed by atoms with Gasteiger partial charge in [-0.25, -0.2) is 4.79 Å². The van der Waals surface area contributed by atoms with Gasteiger partial charge in [0.05, 0.1) is 0 Å². The van der Waals surface area contributed by atoms with Crippen LogP contribution in [0.25, 0.3) is 0 Å². The van der Waals surface area contributed by atoms with E-state index < -0.39 is 18.1 Å². The molecule has 0 spiro atoms. The minimum absolute atomic E-state index is 0.0183. The predicted molar refractivity (Wildman–Crippen MR) is 66.3 cm³/mol. The van der Waals surface area contributed by atoms with Crippen LogP contribution in [0.1, 0.15) is 12.5 Å². The molecule has 1 aromatic rings. The molecule has 0 aliphatic heterocycles. The molecule has 1 aromatic carbocycles. The van der Waals surface area contributed by atoms with Crippen molar-refractivity contribution >= 4 is 5.97 Å². The molecule has 0 saturated heterocycles. The first kappa shape index (κ1) is 15.1. The number of hydrogen-bond donors (Lipinski definition) is 2. The van der Waals surface area contributed by atoms with Crippen LogP contribution in [0.2, 0.25) is 0 Å². The van der Waals surface area contributed by atoms with Crippen LogP contribution in [-0.2, 0) is 10.3 Å². The molecule has 0 saturated carbocycles. The van der Waals surface area contributed by atoms with Crippen molar-refractivity contribution in [3.63, 3.8) is 0 Å². The van der Waals surface area contributed by atoms with Crippen LogP contribution in [0.15, 0.2) is 36.9 Å². The SMILES string of the molecule is C=CCNC(C)(C(=O)O)c1ccc(OC(F)F)cc1. The van der Waals surface area contributed by atoms with Gasteiger partial charge in [0.1, 0.15) is 11.3 Å². The van der Waals surface area contributed by atoms with Crippen LogP contribution in [0.5, 0.6) is 5.75 Å². The van der Waals surface area contributed by atoms with E-state index in [1.54, 1.807) is 0 Å². The highest BCUT2D eigenvalue weighted by atomic mass is 19.3. The van der Waals surface area contributed by atoms with Gasteiger partial charge in [-0.05, 0) is 24.6 Å². The highest BCUT2D eigenvalue weighted by Gasteiger charge is 2.34. The van der Waals surface area contributed by atoms with E-state index in [1.807, 2.05) is 0 Å². The summed E-state index contributed by atoms with van der Waals surface area (Å²) in [7, 11) is 0.